The van der Waals surface area contributed by atoms with Gasteiger partial charge >= 0.3 is 0 Å². The van der Waals surface area contributed by atoms with Gasteiger partial charge in [-0.3, -0.25) is 14.6 Å². The fraction of sp³-hybridized carbons (Fsp3) is 0.0952. The minimum absolute atomic E-state index is 0.167. The maximum absolute atomic E-state index is 12.7. The molecule has 3 aromatic rings. The first-order valence-electron chi connectivity index (χ1n) is 8.04. The number of hydrogen-bond donors (Lipinski definition) is 1. The van der Waals surface area contributed by atoms with Crippen molar-refractivity contribution in [1.82, 2.24) is 10.3 Å². The van der Waals surface area contributed by atoms with Crippen LogP contribution < -0.4 is 5.32 Å². The minimum atomic E-state index is -0.289. The van der Waals surface area contributed by atoms with E-state index in [9.17, 15) is 9.59 Å². The van der Waals surface area contributed by atoms with Crippen molar-refractivity contribution in [3.05, 3.63) is 101 Å². The molecule has 1 aromatic heterocycles. The van der Waals surface area contributed by atoms with E-state index in [4.69, 9.17) is 0 Å². The number of amides is 1. The Morgan fingerprint density at radius 1 is 0.840 bits per heavy atom. The molecule has 0 aliphatic heterocycles. The number of benzene rings is 2. The average Bonchev–Trinajstić information content (AvgIpc) is 2.66. The van der Waals surface area contributed by atoms with Crippen LogP contribution in [0.15, 0.2) is 72.8 Å². The number of pyridine rings is 1. The summed E-state index contributed by atoms with van der Waals surface area (Å²) >= 11 is 0. The fourth-order valence-corrected chi connectivity index (χ4v) is 2.59. The van der Waals surface area contributed by atoms with Crippen LogP contribution in [0.2, 0.25) is 0 Å². The van der Waals surface area contributed by atoms with Crippen LogP contribution in [0.4, 0.5) is 0 Å². The van der Waals surface area contributed by atoms with E-state index in [1.807, 2.05) is 31.2 Å². The zero-order valence-corrected chi connectivity index (χ0v) is 13.9. The van der Waals surface area contributed by atoms with Gasteiger partial charge in [0.2, 0.25) is 0 Å². The van der Waals surface area contributed by atoms with Crippen LogP contribution in [-0.4, -0.2) is 16.7 Å². The van der Waals surface area contributed by atoms with E-state index in [0.29, 0.717) is 23.2 Å². The number of nitrogens with one attached hydrogen (secondary N) is 1. The lowest BCUT2D eigenvalue weighted by Crippen LogP contribution is -2.25. The lowest BCUT2D eigenvalue weighted by molar-refractivity contribution is 0.0939. The third-order valence-electron chi connectivity index (χ3n) is 3.83. The summed E-state index contributed by atoms with van der Waals surface area (Å²) in [5.74, 6) is -0.455. The van der Waals surface area contributed by atoms with Gasteiger partial charge in [0.25, 0.3) is 5.91 Å². The molecule has 4 nitrogen and oxygen atoms in total. The SMILES string of the molecule is Cc1cccc(CNC(=O)c2ccccc2C(=O)c2ccccc2)n1. The van der Waals surface area contributed by atoms with Gasteiger partial charge in [-0.15, -0.1) is 0 Å². The fourth-order valence-electron chi connectivity index (χ4n) is 2.59. The van der Waals surface area contributed by atoms with Gasteiger partial charge in [-0.2, -0.15) is 0 Å². The third kappa shape index (κ3) is 3.98. The first kappa shape index (κ1) is 16.6. The monoisotopic (exact) mass is 330 g/mol. The summed E-state index contributed by atoms with van der Waals surface area (Å²) in [7, 11) is 0. The van der Waals surface area contributed by atoms with Crippen LogP contribution >= 0.6 is 0 Å². The molecule has 124 valence electrons. The Balaban J connectivity index is 1.80. The van der Waals surface area contributed by atoms with Crippen LogP contribution in [0.5, 0.6) is 0 Å². The summed E-state index contributed by atoms with van der Waals surface area (Å²) in [5.41, 5.74) is 2.99. The van der Waals surface area contributed by atoms with E-state index in [-0.39, 0.29) is 11.7 Å². The van der Waals surface area contributed by atoms with E-state index in [2.05, 4.69) is 10.3 Å². The molecule has 0 aliphatic rings. The highest BCUT2D eigenvalue weighted by molar-refractivity contribution is 6.15. The zero-order chi connectivity index (χ0) is 17.6. The molecule has 0 fully saturated rings. The van der Waals surface area contributed by atoms with Gasteiger partial charge in [0.1, 0.15) is 0 Å². The number of carbonyl (C=O) groups excluding carboxylic acids is 2. The maximum atomic E-state index is 12.7. The Morgan fingerprint density at radius 3 is 2.24 bits per heavy atom. The lowest BCUT2D eigenvalue weighted by Gasteiger charge is -2.10. The molecule has 0 bridgehead atoms. The number of carbonyl (C=O) groups is 2. The van der Waals surface area contributed by atoms with E-state index >= 15 is 0 Å². The second-order valence-corrected chi connectivity index (χ2v) is 5.69. The zero-order valence-electron chi connectivity index (χ0n) is 13.9. The smallest absolute Gasteiger partial charge is 0.252 e. The molecule has 25 heavy (non-hydrogen) atoms. The van der Waals surface area contributed by atoms with Gasteiger partial charge in [0.15, 0.2) is 5.78 Å². The number of nitrogens with zero attached hydrogens (tertiary/aromatic N) is 1. The maximum Gasteiger partial charge on any atom is 0.252 e. The van der Waals surface area contributed by atoms with Crippen molar-refractivity contribution in [3.63, 3.8) is 0 Å². The summed E-state index contributed by atoms with van der Waals surface area (Å²) in [4.78, 5) is 29.6. The van der Waals surface area contributed by atoms with Gasteiger partial charge in [0, 0.05) is 16.8 Å². The average molecular weight is 330 g/mol. The molecule has 0 spiro atoms. The number of rotatable bonds is 5. The van der Waals surface area contributed by atoms with Crippen molar-refractivity contribution in [2.75, 3.05) is 0 Å². The normalized spacial score (nSPS) is 10.3. The van der Waals surface area contributed by atoms with Gasteiger partial charge in [-0.1, -0.05) is 54.6 Å². The van der Waals surface area contributed by atoms with Gasteiger partial charge in [0.05, 0.1) is 17.8 Å². The molecule has 0 saturated carbocycles. The third-order valence-corrected chi connectivity index (χ3v) is 3.83. The molecule has 0 aliphatic carbocycles. The van der Waals surface area contributed by atoms with E-state index < -0.39 is 0 Å². The molecule has 0 unspecified atom stereocenters. The van der Waals surface area contributed by atoms with Crippen molar-refractivity contribution in [3.8, 4) is 0 Å². The van der Waals surface area contributed by atoms with Crippen LogP contribution in [0.1, 0.15) is 37.7 Å². The van der Waals surface area contributed by atoms with Gasteiger partial charge in [-0.25, -0.2) is 0 Å². The van der Waals surface area contributed by atoms with Crippen molar-refractivity contribution in [1.29, 1.82) is 0 Å². The molecule has 1 N–H and O–H groups in total. The molecular formula is C21H18N2O2. The molecule has 1 heterocycles. The Bertz CT molecular complexity index is 905. The van der Waals surface area contributed by atoms with Crippen molar-refractivity contribution in [2.45, 2.75) is 13.5 Å². The Kier molecular flexibility index (Phi) is 5.00. The Morgan fingerprint density at radius 2 is 1.52 bits per heavy atom. The van der Waals surface area contributed by atoms with E-state index in [0.717, 1.165) is 11.4 Å². The van der Waals surface area contributed by atoms with E-state index in [1.54, 1.807) is 48.5 Å². The number of hydrogen-bond acceptors (Lipinski definition) is 3. The van der Waals surface area contributed by atoms with Crippen LogP contribution in [0.25, 0.3) is 0 Å². The van der Waals surface area contributed by atoms with Crippen LogP contribution in [0, 0.1) is 6.92 Å². The van der Waals surface area contributed by atoms with Gasteiger partial charge < -0.3 is 5.32 Å². The van der Waals surface area contributed by atoms with Crippen molar-refractivity contribution < 1.29 is 9.59 Å². The quantitative estimate of drug-likeness (QED) is 0.728. The van der Waals surface area contributed by atoms with Gasteiger partial charge in [-0.05, 0) is 25.1 Å². The molecule has 0 atom stereocenters. The first-order chi connectivity index (χ1) is 12.1. The molecule has 0 radical (unpaired) electrons. The number of ketones is 1. The highest BCUT2D eigenvalue weighted by atomic mass is 16.2. The molecule has 3 rings (SSSR count). The summed E-state index contributed by atoms with van der Waals surface area (Å²) in [6, 6.07) is 21.5. The molecule has 0 saturated heterocycles. The topological polar surface area (TPSA) is 59.1 Å². The Hall–Kier alpha value is -3.27. The van der Waals surface area contributed by atoms with E-state index in [1.165, 1.54) is 0 Å². The molecular weight excluding hydrogens is 312 g/mol. The van der Waals surface area contributed by atoms with Crippen LogP contribution in [0.3, 0.4) is 0 Å². The van der Waals surface area contributed by atoms with Crippen LogP contribution in [-0.2, 0) is 6.54 Å². The highest BCUT2D eigenvalue weighted by Gasteiger charge is 2.17. The predicted octanol–water partition coefficient (Wildman–Crippen LogP) is 3.55. The molecule has 1 amide bonds. The highest BCUT2D eigenvalue weighted by Crippen LogP contribution is 2.15. The summed E-state index contributed by atoms with van der Waals surface area (Å²) in [6.45, 7) is 2.22. The number of aromatic nitrogens is 1. The minimum Gasteiger partial charge on any atom is -0.346 e. The Labute approximate surface area is 146 Å². The van der Waals surface area contributed by atoms with Crippen molar-refractivity contribution >= 4 is 11.7 Å². The summed E-state index contributed by atoms with van der Waals surface area (Å²) in [5, 5.41) is 2.84. The first-order valence-corrected chi connectivity index (χ1v) is 8.04. The van der Waals surface area contributed by atoms with Crippen molar-refractivity contribution in [2.24, 2.45) is 0 Å². The lowest BCUT2D eigenvalue weighted by atomic mass is 9.98. The second-order valence-electron chi connectivity index (χ2n) is 5.69. The largest absolute Gasteiger partial charge is 0.346 e. The summed E-state index contributed by atoms with van der Waals surface area (Å²) in [6.07, 6.45) is 0. The molecule has 4 heteroatoms. The predicted molar refractivity (Wildman–Crippen MR) is 96.5 cm³/mol. The summed E-state index contributed by atoms with van der Waals surface area (Å²) < 4.78 is 0. The second kappa shape index (κ2) is 7.53. The number of aryl methyl sites for hydroxylation is 1. The standard InChI is InChI=1S/C21H18N2O2/c1-15-8-7-11-17(23-15)14-22-21(25)19-13-6-5-12-18(19)20(24)16-9-3-2-4-10-16/h2-13H,14H2,1H3,(H,22,25). The molecule has 2 aromatic carbocycles.